The van der Waals surface area contributed by atoms with E-state index >= 15 is 0 Å². The first-order chi connectivity index (χ1) is 11.9. The quantitative estimate of drug-likeness (QED) is 0.606. The van der Waals surface area contributed by atoms with Crippen LogP contribution in [0.2, 0.25) is 0 Å². The zero-order chi connectivity index (χ0) is 18.0. The molecule has 0 saturated heterocycles. The Kier molecular flexibility index (Phi) is 4.96. The van der Waals surface area contributed by atoms with Crippen molar-refractivity contribution in [1.82, 2.24) is 14.6 Å². The molecule has 8 heteroatoms. The van der Waals surface area contributed by atoms with Gasteiger partial charge in [-0.25, -0.2) is 14.3 Å². The highest BCUT2D eigenvalue weighted by molar-refractivity contribution is 5.88. The maximum atomic E-state index is 13.5. The second-order valence-corrected chi connectivity index (χ2v) is 6.27. The molecule has 1 fully saturated rings. The molecule has 0 spiro atoms. The third-order valence-electron chi connectivity index (χ3n) is 4.50. The van der Waals surface area contributed by atoms with Gasteiger partial charge in [-0.2, -0.15) is 18.3 Å². The molecule has 0 bridgehead atoms. The Morgan fingerprint density at radius 3 is 2.52 bits per heavy atom. The van der Waals surface area contributed by atoms with Crippen LogP contribution in [0, 0.1) is 0 Å². The average molecular weight is 355 g/mol. The molecule has 0 aromatic carbocycles. The van der Waals surface area contributed by atoms with Crippen molar-refractivity contribution in [2.75, 3.05) is 6.61 Å². The van der Waals surface area contributed by atoms with Crippen LogP contribution in [0.4, 0.5) is 13.2 Å². The summed E-state index contributed by atoms with van der Waals surface area (Å²) < 4.78 is 46.0. The van der Waals surface area contributed by atoms with Crippen LogP contribution in [0.15, 0.2) is 12.1 Å². The SMILES string of the molecule is CCOC(=O)c1cc2nc(C3CCCCCC3)cc(C(F)(F)F)n2n1. The maximum absolute atomic E-state index is 13.5. The molecular formula is C17H20F3N3O2. The van der Waals surface area contributed by atoms with Crippen molar-refractivity contribution < 1.29 is 22.7 Å². The highest BCUT2D eigenvalue weighted by Crippen LogP contribution is 2.35. The monoisotopic (exact) mass is 355 g/mol. The van der Waals surface area contributed by atoms with Crippen LogP contribution in [0.3, 0.4) is 0 Å². The van der Waals surface area contributed by atoms with E-state index in [1.54, 1.807) is 6.92 Å². The molecule has 0 amide bonds. The standard InChI is InChI=1S/C17H20F3N3O2/c1-2-25-16(24)13-10-15-21-12(11-7-5-3-4-6-8-11)9-14(17(18,19)20)23(15)22-13/h9-11H,2-8H2,1H3. The third kappa shape index (κ3) is 3.77. The van der Waals surface area contributed by atoms with E-state index in [0.29, 0.717) is 10.2 Å². The first-order valence-electron chi connectivity index (χ1n) is 8.55. The molecule has 2 heterocycles. The summed E-state index contributed by atoms with van der Waals surface area (Å²) in [5.41, 5.74) is -0.626. The van der Waals surface area contributed by atoms with Gasteiger partial charge in [-0.15, -0.1) is 0 Å². The van der Waals surface area contributed by atoms with Gasteiger partial charge < -0.3 is 4.74 Å². The fourth-order valence-electron chi connectivity index (χ4n) is 3.28. The molecule has 0 aliphatic heterocycles. The fourth-order valence-corrected chi connectivity index (χ4v) is 3.28. The Labute approximate surface area is 143 Å². The number of halogens is 3. The maximum Gasteiger partial charge on any atom is 0.433 e. The fraction of sp³-hybridized carbons (Fsp3) is 0.588. The zero-order valence-corrected chi connectivity index (χ0v) is 14.0. The van der Waals surface area contributed by atoms with Gasteiger partial charge in [0.05, 0.1) is 6.61 Å². The van der Waals surface area contributed by atoms with E-state index in [-0.39, 0.29) is 23.9 Å². The first kappa shape index (κ1) is 17.7. The zero-order valence-electron chi connectivity index (χ0n) is 14.0. The Bertz CT molecular complexity index is 762. The number of ether oxygens (including phenoxy) is 1. The molecule has 0 N–H and O–H groups in total. The highest BCUT2D eigenvalue weighted by atomic mass is 19.4. The van der Waals surface area contributed by atoms with Gasteiger partial charge >= 0.3 is 12.1 Å². The summed E-state index contributed by atoms with van der Waals surface area (Å²) in [6.45, 7) is 1.75. The molecule has 0 atom stereocenters. The van der Waals surface area contributed by atoms with E-state index in [2.05, 4.69) is 10.1 Å². The second kappa shape index (κ2) is 7.01. The molecule has 1 saturated carbocycles. The summed E-state index contributed by atoms with van der Waals surface area (Å²) in [6.07, 6.45) is 1.27. The number of nitrogens with zero attached hydrogens (tertiary/aromatic N) is 3. The van der Waals surface area contributed by atoms with E-state index < -0.39 is 17.8 Å². The third-order valence-corrected chi connectivity index (χ3v) is 4.50. The van der Waals surface area contributed by atoms with Gasteiger partial charge in [0.15, 0.2) is 11.3 Å². The van der Waals surface area contributed by atoms with Gasteiger partial charge in [0.25, 0.3) is 0 Å². The number of alkyl halides is 3. The Morgan fingerprint density at radius 1 is 1.24 bits per heavy atom. The van der Waals surface area contributed by atoms with E-state index in [0.717, 1.165) is 44.6 Å². The molecule has 2 aromatic heterocycles. The smallest absolute Gasteiger partial charge is 0.433 e. The van der Waals surface area contributed by atoms with E-state index in [4.69, 9.17) is 4.74 Å². The number of aromatic nitrogens is 3. The number of carbonyl (C=O) groups is 1. The molecule has 0 unspecified atom stereocenters. The van der Waals surface area contributed by atoms with Crippen LogP contribution < -0.4 is 0 Å². The van der Waals surface area contributed by atoms with E-state index in [1.165, 1.54) is 6.07 Å². The lowest BCUT2D eigenvalue weighted by Crippen LogP contribution is -2.16. The van der Waals surface area contributed by atoms with Gasteiger partial charge in [-0.1, -0.05) is 25.7 Å². The molecule has 5 nitrogen and oxygen atoms in total. The lowest BCUT2D eigenvalue weighted by Gasteiger charge is -2.16. The predicted molar refractivity (Wildman–Crippen MR) is 84.4 cm³/mol. The average Bonchev–Trinajstić information content (AvgIpc) is 2.79. The van der Waals surface area contributed by atoms with Crippen molar-refractivity contribution in [3.8, 4) is 0 Å². The molecule has 0 radical (unpaired) electrons. The summed E-state index contributed by atoms with van der Waals surface area (Å²) >= 11 is 0. The lowest BCUT2D eigenvalue weighted by atomic mass is 9.96. The molecular weight excluding hydrogens is 335 g/mol. The van der Waals surface area contributed by atoms with Gasteiger partial charge in [-0.3, -0.25) is 0 Å². The van der Waals surface area contributed by atoms with E-state index in [9.17, 15) is 18.0 Å². The minimum atomic E-state index is -4.58. The van der Waals surface area contributed by atoms with Crippen LogP contribution in [0.1, 0.15) is 73.2 Å². The Morgan fingerprint density at radius 2 is 1.92 bits per heavy atom. The first-order valence-corrected chi connectivity index (χ1v) is 8.55. The van der Waals surface area contributed by atoms with E-state index in [1.807, 2.05) is 0 Å². The van der Waals surface area contributed by atoms with Crippen molar-refractivity contribution in [1.29, 1.82) is 0 Å². The minimum Gasteiger partial charge on any atom is -0.461 e. The van der Waals surface area contributed by atoms with Crippen LogP contribution >= 0.6 is 0 Å². The van der Waals surface area contributed by atoms with Crippen molar-refractivity contribution in [2.45, 2.75) is 57.5 Å². The number of esters is 1. The van der Waals surface area contributed by atoms with Gasteiger partial charge in [0.1, 0.15) is 5.69 Å². The number of fused-ring (bicyclic) bond motifs is 1. The van der Waals surface area contributed by atoms with Crippen LogP contribution in [-0.2, 0) is 10.9 Å². The predicted octanol–water partition coefficient (Wildman–Crippen LogP) is 4.36. The van der Waals surface area contributed by atoms with Crippen molar-refractivity contribution >= 4 is 11.6 Å². The van der Waals surface area contributed by atoms with Gasteiger partial charge in [-0.05, 0) is 25.8 Å². The Hall–Kier alpha value is -2.12. The van der Waals surface area contributed by atoms with Crippen molar-refractivity contribution in [2.24, 2.45) is 0 Å². The molecule has 1 aliphatic rings. The van der Waals surface area contributed by atoms with Gasteiger partial charge in [0.2, 0.25) is 0 Å². The lowest BCUT2D eigenvalue weighted by molar-refractivity contribution is -0.142. The number of rotatable bonds is 3. The summed E-state index contributed by atoms with van der Waals surface area (Å²) in [5, 5.41) is 3.76. The molecule has 2 aromatic rings. The number of hydrogen-bond donors (Lipinski definition) is 0. The van der Waals surface area contributed by atoms with Crippen molar-refractivity contribution in [3.05, 3.63) is 29.2 Å². The largest absolute Gasteiger partial charge is 0.461 e. The molecule has 136 valence electrons. The Balaban J connectivity index is 2.09. The molecule has 25 heavy (non-hydrogen) atoms. The van der Waals surface area contributed by atoms with Crippen LogP contribution in [0.5, 0.6) is 0 Å². The number of carbonyl (C=O) groups excluding carboxylic acids is 1. The molecule has 3 rings (SSSR count). The van der Waals surface area contributed by atoms with Crippen LogP contribution in [0.25, 0.3) is 5.65 Å². The normalized spacial score (nSPS) is 16.8. The second-order valence-electron chi connectivity index (χ2n) is 6.27. The summed E-state index contributed by atoms with van der Waals surface area (Å²) in [6, 6.07) is 2.33. The van der Waals surface area contributed by atoms with Crippen LogP contribution in [-0.4, -0.2) is 27.2 Å². The van der Waals surface area contributed by atoms with Gasteiger partial charge in [0, 0.05) is 17.7 Å². The molecule has 1 aliphatic carbocycles. The number of hydrogen-bond acceptors (Lipinski definition) is 4. The summed E-state index contributed by atoms with van der Waals surface area (Å²) in [7, 11) is 0. The van der Waals surface area contributed by atoms with Crippen molar-refractivity contribution in [3.63, 3.8) is 0 Å². The highest BCUT2D eigenvalue weighted by Gasteiger charge is 2.36. The minimum absolute atomic E-state index is 0.00884. The topological polar surface area (TPSA) is 56.5 Å². The summed E-state index contributed by atoms with van der Waals surface area (Å²) in [4.78, 5) is 16.2. The summed E-state index contributed by atoms with van der Waals surface area (Å²) in [5.74, 6) is -0.744.